The summed E-state index contributed by atoms with van der Waals surface area (Å²) in [7, 11) is -2.02. The second-order valence-corrected chi connectivity index (χ2v) is 6.26. The van der Waals surface area contributed by atoms with Crippen LogP contribution in [0.25, 0.3) is 0 Å². The van der Waals surface area contributed by atoms with Crippen LogP contribution in [0.4, 0.5) is 0 Å². The summed E-state index contributed by atoms with van der Waals surface area (Å²) in [5, 5.41) is 11.3. The summed E-state index contributed by atoms with van der Waals surface area (Å²) < 4.78 is 24.7. The van der Waals surface area contributed by atoms with Gasteiger partial charge < -0.3 is 10.4 Å². The molecule has 7 heteroatoms. The van der Waals surface area contributed by atoms with Crippen LogP contribution in [0.2, 0.25) is 0 Å². The number of aliphatic hydroxyl groups is 1. The monoisotopic (exact) mass is 310 g/mol. The van der Waals surface area contributed by atoms with Crippen molar-refractivity contribution in [1.29, 1.82) is 0 Å². The number of nitrogens with one attached hydrogen (secondary N) is 2. The molecular formula is C14H18N2O4S. The molecule has 0 spiro atoms. The van der Waals surface area contributed by atoms with Crippen molar-refractivity contribution in [2.24, 2.45) is 0 Å². The number of benzene rings is 1. The van der Waals surface area contributed by atoms with E-state index in [-0.39, 0.29) is 24.8 Å². The molecule has 0 aliphatic rings. The summed E-state index contributed by atoms with van der Waals surface area (Å²) >= 11 is 0. The molecule has 21 heavy (non-hydrogen) atoms. The van der Waals surface area contributed by atoms with Crippen molar-refractivity contribution in [2.45, 2.75) is 6.92 Å². The van der Waals surface area contributed by atoms with Gasteiger partial charge in [-0.3, -0.25) is 4.79 Å². The lowest BCUT2D eigenvalue weighted by atomic mass is 10.0. The van der Waals surface area contributed by atoms with E-state index in [1.54, 1.807) is 25.1 Å². The molecule has 0 aliphatic heterocycles. The van der Waals surface area contributed by atoms with Crippen LogP contribution in [0.1, 0.15) is 21.5 Å². The number of aliphatic hydroxyl groups excluding tert-OH is 1. The highest BCUT2D eigenvalue weighted by Gasteiger charge is 2.12. The second kappa shape index (κ2) is 7.78. The van der Waals surface area contributed by atoms with Crippen LogP contribution in [-0.2, 0) is 10.0 Å². The zero-order chi connectivity index (χ0) is 15.9. The van der Waals surface area contributed by atoms with Gasteiger partial charge in [0.05, 0.1) is 5.75 Å². The van der Waals surface area contributed by atoms with Gasteiger partial charge in [0, 0.05) is 17.7 Å². The molecule has 0 fully saturated rings. The predicted octanol–water partition coefficient (Wildman–Crippen LogP) is -0.382. The standard InChI is InChI=1S/C14H18N2O4S/c1-11-12(6-4-9-17)5-3-7-13(11)14(18)16-8-10-21(19,20)15-2/h3,5,7,15,17H,8-10H2,1-2H3,(H,16,18). The number of rotatable bonds is 5. The van der Waals surface area contributed by atoms with Crippen LogP contribution < -0.4 is 10.0 Å². The minimum absolute atomic E-state index is 0.0218. The van der Waals surface area contributed by atoms with Crippen LogP contribution >= 0.6 is 0 Å². The fraction of sp³-hybridized carbons (Fsp3) is 0.357. The first-order valence-electron chi connectivity index (χ1n) is 6.30. The van der Waals surface area contributed by atoms with E-state index < -0.39 is 10.0 Å². The van der Waals surface area contributed by atoms with E-state index in [2.05, 4.69) is 21.9 Å². The molecular weight excluding hydrogens is 292 g/mol. The molecule has 0 aliphatic carbocycles. The topological polar surface area (TPSA) is 95.5 Å². The Labute approximate surface area is 124 Å². The van der Waals surface area contributed by atoms with Gasteiger partial charge in [-0.1, -0.05) is 17.9 Å². The zero-order valence-electron chi connectivity index (χ0n) is 11.9. The van der Waals surface area contributed by atoms with Crippen molar-refractivity contribution in [3.63, 3.8) is 0 Å². The first-order chi connectivity index (χ1) is 9.91. The number of hydrogen-bond acceptors (Lipinski definition) is 4. The maximum atomic E-state index is 12.0. The normalized spacial score (nSPS) is 10.6. The summed E-state index contributed by atoms with van der Waals surface area (Å²) in [5.74, 6) is 4.75. The van der Waals surface area contributed by atoms with Crippen molar-refractivity contribution in [3.05, 3.63) is 34.9 Å². The SMILES string of the molecule is CNS(=O)(=O)CCNC(=O)c1cccc(C#CCO)c1C. The van der Waals surface area contributed by atoms with E-state index >= 15 is 0 Å². The molecule has 0 radical (unpaired) electrons. The van der Waals surface area contributed by atoms with Gasteiger partial charge in [0.15, 0.2) is 0 Å². The van der Waals surface area contributed by atoms with Crippen LogP contribution in [0, 0.1) is 18.8 Å². The summed E-state index contributed by atoms with van der Waals surface area (Å²) in [6.45, 7) is 1.52. The van der Waals surface area contributed by atoms with Crippen molar-refractivity contribution in [3.8, 4) is 11.8 Å². The van der Waals surface area contributed by atoms with E-state index in [4.69, 9.17) is 5.11 Å². The first kappa shape index (κ1) is 17.2. The van der Waals surface area contributed by atoms with E-state index in [9.17, 15) is 13.2 Å². The minimum Gasteiger partial charge on any atom is -0.384 e. The molecule has 114 valence electrons. The number of hydrogen-bond donors (Lipinski definition) is 3. The van der Waals surface area contributed by atoms with E-state index in [1.807, 2.05) is 0 Å². The number of carbonyl (C=O) groups is 1. The van der Waals surface area contributed by atoms with Gasteiger partial charge >= 0.3 is 0 Å². The van der Waals surface area contributed by atoms with E-state index in [0.29, 0.717) is 16.7 Å². The molecule has 1 rings (SSSR count). The van der Waals surface area contributed by atoms with Gasteiger partial charge in [-0.15, -0.1) is 0 Å². The molecule has 1 aromatic carbocycles. The van der Waals surface area contributed by atoms with Crippen molar-refractivity contribution in [2.75, 3.05) is 26.0 Å². The second-order valence-electron chi connectivity index (χ2n) is 4.22. The maximum Gasteiger partial charge on any atom is 0.251 e. The van der Waals surface area contributed by atoms with Gasteiger partial charge in [0.2, 0.25) is 10.0 Å². The molecule has 0 bridgehead atoms. The number of amides is 1. The van der Waals surface area contributed by atoms with Crippen LogP contribution in [0.5, 0.6) is 0 Å². The maximum absolute atomic E-state index is 12.0. The Morgan fingerprint density at radius 1 is 1.38 bits per heavy atom. The van der Waals surface area contributed by atoms with Crippen molar-refractivity contribution in [1.82, 2.24) is 10.0 Å². The Balaban J connectivity index is 2.79. The average Bonchev–Trinajstić information content (AvgIpc) is 2.46. The Kier molecular flexibility index (Phi) is 6.37. The summed E-state index contributed by atoms with van der Waals surface area (Å²) in [4.78, 5) is 12.0. The number of sulfonamides is 1. The molecule has 1 amide bonds. The Morgan fingerprint density at radius 3 is 2.71 bits per heavy atom. The first-order valence-corrected chi connectivity index (χ1v) is 7.95. The third kappa shape index (κ3) is 5.19. The molecule has 0 atom stereocenters. The predicted molar refractivity (Wildman–Crippen MR) is 80.3 cm³/mol. The minimum atomic E-state index is -3.34. The molecule has 0 aromatic heterocycles. The highest BCUT2D eigenvalue weighted by Crippen LogP contribution is 2.12. The molecule has 1 aromatic rings. The van der Waals surface area contributed by atoms with Crippen molar-refractivity contribution >= 4 is 15.9 Å². The third-order valence-electron chi connectivity index (χ3n) is 2.85. The highest BCUT2D eigenvalue weighted by atomic mass is 32.2. The molecule has 6 nitrogen and oxygen atoms in total. The summed E-state index contributed by atoms with van der Waals surface area (Å²) in [6, 6.07) is 5.08. The van der Waals surface area contributed by atoms with Gasteiger partial charge in [-0.05, 0) is 31.7 Å². The lowest BCUT2D eigenvalue weighted by Crippen LogP contribution is -2.33. The lowest BCUT2D eigenvalue weighted by molar-refractivity contribution is 0.0955. The van der Waals surface area contributed by atoms with Gasteiger partial charge in [0.25, 0.3) is 5.91 Å². The Morgan fingerprint density at radius 2 is 2.10 bits per heavy atom. The molecule has 0 saturated carbocycles. The number of carbonyl (C=O) groups excluding carboxylic acids is 1. The van der Waals surface area contributed by atoms with Crippen molar-refractivity contribution < 1.29 is 18.3 Å². The van der Waals surface area contributed by atoms with Gasteiger partial charge in [-0.25, -0.2) is 13.1 Å². The zero-order valence-corrected chi connectivity index (χ0v) is 12.8. The fourth-order valence-corrected chi connectivity index (χ4v) is 2.22. The average molecular weight is 310 g/mol. The Hall–Kier alpha value is -1.88. The smallest absolute Gasteiger partial charge is 0.251 e. The summed E-state index contributed by atoms with van der Waals surface area (Å²) in [6.07, 6.45) is 0. The van der Waals surface area contributed by atoms with E-state index in [0.717, 1.165) is 0 Å². The highest BCUT2D eigenvalue weighted by molar-refractivity contribution is 7.89. The fourth-order valence-electron chi connectivity index (χ4n) is 1.65. The Bertz CT molecular complexity index is 672. The largest absolute Gasteiger partial charge is 0.384 e. The van der Waals surface area contributed by atoms with Crippen LogP contribution in [0.15, 0.2) is 18.2 Å². The summed E-state index contributed by atoms with van der Waals surface area (Å²) in [5.41, 5.74) is 1.77. The molecule has 0 heterocycles. The van der Waals surface area contributed by atoms with Gasteiger partial charge in [-0.2, -0.15) is 0 Å². The third-order valence-corrected chi connectivity index (χ3v) is 4.21. The van der Waals surface area contributed by atoms with E-state index in [1.165, 1.54) is 7.05 Å². The lowest BCUT2D eigenvalue weighted by Gasteiger charge is -2.09. The van der Waals surface area contributed by atoms with Gasteiger partial charge in [0.1, 0.15) is 6.61 Å². The molecule has 0 unspecified atom stereocenters. The van der Waals surface area contributed by atoms with Crippen LogP contribution in [0.3, 0.4) is 0 Å². The quantitative estimate of drug-likeness (QED) is 0.646. The van der Waals surface area contributed by atoms with Crippen LogP contribution in [-0.4, -0.2) is 45.4 Å². The molecule has 3 N–H and O–H groups in total. The molecule has 0 saturated heterocycles.